The molecular weight excluding hydrogens is 246 g/mol. The van der Waals surface area contributed by atoms with Crippen molar-refractivity contribution in [2.75, 3.05) is 6.54 Å². The Balaban J connectivity index is 1.81. The number of imidazole rings is 1. The number of nitrogens with one attached hydrogen (secondary N) is 2. The van der Waals surface area contributed by atoms with Crippen molar-refractivity contribution >= 4 is 0 Å². The summed E-state index contributed by atoms with van der Waals surface area (Å²) in [5, 5.41) is 3.55. The van der Waals surface area contributed by atoms with Gasteiger partial charge in [-0.2, -0.15) is 0 Å². The van der Waals surface area contributed by atoms with Gasteiger partial charge < -0.3 is 10.3 Å². The third-order valence-electron chi connectivity index (χ3n) is 3.52. The monoisotopic (exact) mass is 271 g/mol. The molecule has 1 atom stereocenters. The van der Waals surface area contributed by atoms with Gasteiger partial charge in [-0.05, 0) is 30.4 Å². The fourth-order valence-electron chi connectivity index (χ4n) is 2.38. The molecule has 1 aromatic heterocycles. The summed E-state index contributed by atoms with van der Waals surface area (Å²) in [6, 6.07) is 9.37. The molecule has 0 saturated heterocycles. The molecule has 1 aromatic carbocycles. The van der Waals surface area contributed by atoms with Crippen LogP contribution in [0.4, 0.5) is 0 Å². The molecule has 0 bridgehead atoms. The van der Waals surface area contributed by atoms with Crippen LogP contribution in [0.3, 0.4) is 0 Å². The highest BCUT2D eigenvalue weighted by Gasteiger charge is 2.05. The summed E-state index contributed by atoms with van der Waals surface area (Å²) in [5.74, 6) is 0.714. The number of hydrogen-bond acceptors (Lipinski definition) is 2. The number of benzene rings is 1. The number of hydrogen-bond donors (Lipinski definition) is 2. The Morgan fingerprint density at radius 2 is 1.90 bits per heavy atom. The highest BCUT2D eigenvalue weighted by molar-refractivity contribution is 5.25. The molecule has 0 radical (unpaired) electrons. The summed E-state index contributed by atoms with van der Waals surface area (Å²) in [7, 11) is 0. The minimum Gasteiger partial charge on any atom is -0.348 e. The Bertz CT molecular complexity index is 485. The second-order valence-electron chi connectivity index (χ2n) is 5.84. The highest BCUT2D eigenvalue weighted by atomic mass is 14.9. The maximum atomic E-state index is 4.03. The zero-order valence-electron chi connectivity index (χ0n) is 12.7. The Hall–Kier alpha value is -1.61. The Morgan fingerprint density at radius 3 is 2.50 bits per heavy atom. The summed E-state index contributed by atoms with van der Waals surface area (Å²) >= 11 is 0. The van der Waals surface area contributed by atoms with E-state index in [1.165, 1.54) is 16.8 Å². The van der Waals surface area contributed by atoms with Crippen LogP contribution in [0.2, 0.25) is 0 Å². The molecule has 0 aliphatic heterocycles. The number of aromatic nitrogens is 2. The van der Waals surface area contributed by atoms with Crippen LogP contribution in [0.25, 0.3) is 0 Å². The largest absolute Gasteiger partial charge is 0.348 e. The molecule has 20 heavy (non-hydrogen) atoms. The summed E-state index contributed by atoms with van der Waals surface area (Å²) in [5.41, 5.74) is 3.95. The normalized spacial score (nSPS) is 12.8. The molecule has 0 saturated carbocycles. The second-order valence-corrected chi connectivity index (χ2v) is 5.84. The molecule has 3 heteroatoms. The molecule has 1 heterocycles. The molecule has 0 spiro atoms. The summed E-state index contributed by atoms with van der Waals surface area (Å²) in [6.45, 7) is 7.68. The van der Waals surface area contributed by atoms with Gasteiger partial charge in [-0.3, -0.25) is 0 Å². The van der Waals surface area contributed by atoms with Crippen molar-refractivity contribution < 1.29 is 0 Å². The van der Waals surface area contributed by atoms with E-state index in [0.717, 1.165) is 19.4 Å². The van der Waals surface area contributed by atoms with E-state index in [0.29, 0.717) is 12.0 Å². The van der Waals surface area contributed by atoms with Crippen LogP contribution in [-0.4, -0.2) is 16.5 Å². The third-order valence-corrected chi connectivity index (χ3v) is 3.52. The number of nitrogens with zero attached hydrogens (tertiary/aromatic N) is 1. The van der Waals surface area contributed by atoms with Crippen molar-refractivity contribution in [3.63, 3.8) is 0 Å². The van der Waals surface area contributed by atoms with Gasteiger partial charge in [0.05, 0.1) is 6.33 Å². The lowest BCUT2D eigenvalue weighted by Gasteiger charge is -2.15. The minimum absolute atomic E-state index is 0.381. The van der Waals surface area contributed by atoms with Crippen LogP contribution in [0, 0.1) is 5.92 Å². The van der Waals surface area contributed by atoms with Crippen molar-refractivity contribution in [3.05, 3.63) is 53.6 Å². The van der Waals surface area contributed by atoms with Crippen LogP contribution in [-0.2, 0) is 12.8 Å². The molecular formula is C17H25N3. The van der Waals surface area contributed by atoms with E-state index in [4.69, 9.17) is 0 Å². The van der Waals surface area contributed by atoms with Gasteiger partial charge in [-0.1, -0.05) is 38.1 Å². The zero-order chi connectivity index (χ0) is 14.4. The van der Waals surface area contributed by atoms with Gasteiger partial charge in [0.1, 0.15) is 0 Å². The molecule has 2 N–H and O–H groups in total. The molecule has 108 valence electrons. The van der Waals surface area contributed by atoms with Gasteiger partial charge in [0, 0.05) is 30.9 Å². The predicted octanol–water partition coefficient (Wildman–Crippen LogP) is 3.50. The third kappa shape index (κ3) is 4.49. The lowest BCUT2D eigenvalue weighted by Crippen LogP contribution is -2.21. The number of aromatic amines is 1. The van der Waals surface area contributed by atoms with E-state index < -0.39 is 0 Å². The van der Waals surface area contributed by atoms with E-state index in [-0.39, 0.29) is 0 Å². The summed E-state index contributed by atoms with van der Waals surface area (Å²) in [6.07, 6.45) is 5.75. The maximum Gasteiger partial charge on any atom is 0.0921 e. The van der Waals surface area contributed by atoms with Gasteiger partial charge in [-0.25, -0.2) is 4.98 Å². The average molecular weight is 271 g/mol. The van der Waals surface area contributed by atoms with Crippen molar-refractivity contribution in [2.24, 2.45) is 5.92 Å². The van der Waals surface area contributed by atoms with Gasteiger partial charge >= 0.3 is 0 Å². The molecule has 0 aliphatic carbocycles. The second kappa shape index (κ2) is 7.25. The van der Waals surface area contributed by atoms with E-state index in [2.05, 4.69) is 60.3 Å². The number of H-pyrrole nitrogens is 1. The highest BCUT2D eigenvalue weighted by Crippen LogP contribution is 2.15. The first-order valence-electron chi connectivity index (χ1n) is 7.44. The molecule has 0 aliphatic rings. The smallest absolute Gasteiger partial charge is 0.0921 e. The van der Waals surface area contributed by atoms with E-state index in [1.807, 2.05) is 6.20 Å². The first-order chi connectivity index (χ1) is 9.65. The van der Waals surface area contributed by atoms with Crippen LogP contribution >= 0.6 is 0 Å². The first kappa shape index (κ1) is 14.8. The minimum atomic E-state index is 0.381. The standard InChI is InChI=1S/C17H25N3/c1-13(2)10-15-4-6-16(7-5-15)14(3)19-9-8-17-11-18-12-20-17/h4-7,11-14,19H,8-10H2,1-3H3,(H,18,20). The van der Waals surface area contributed by atoms with Crippen molar-refractivity contribution in [1.29, 1.82) is 0 Å². The Labute approximate surface area is 121 Å². The number of rotatable bonds is 7. The maximum absolute atomic E-state index is 4.03. The Kier molecular flexibility index (Phi) is 5.36. The lowest BCUT2D eigenvalue weighted by molar-refractivity contribution is 0.574. The average Bonchev–Trinajstić information content (AvgIpc) is 2.92. The lowest BCUT2D eigenvalue weighted by atomic mass is 10.00. The SMILES string of the molecule is CC(C)Cc1ccc(C(C)NCCc2cnc[nH]2)cc1. The quantitative estimate of drug-likeness (QED) is 0.809. The van der Waals surface area contributed by atoms with E-state index in [9.17, 15) is 0 Å². The van der Waals surface area contributed by atoms with Crippen LogP contribution < -0.4 is 5.32 Å². The van der Waals surface area contributed by atoms with Crippen LogP contribution in [0.15, 0.2) is 36.8 Å². The molecule has 1 unspecified atom stereocenters. The molecule has 2 aromatic rings. The van der Waals surface area contributed by atoms with Crippen molar-refractivity contribution in [3.8, 4) is 0 Å². The fourth-order valence-corrected chi connectivity index (χ4v) is 2.38. The van der Waals surface area contributed by atoms with Gasteiger partial charge in [-0.15, -0.1) is 0 Å². The van der Waals surface area contributed by atoms with Crippen molar-refractivity contribution in [1.82, 2.24) is 15.3 Å². The van der Waals surface area contributed by atoms with Crippen LogP contribution in [0.5, 0.6) is 0 Å². The van der Waals surface area contributed by atoms with Crippen molar-refractivity contribution in [2.45, 2.75) is 39.7 Å². The predicted molar refractivity (Wildman–Crippen MR) is 83.7 cm³/mol. The Morgan fingerprint density at radius 1 is 1.15 bits per heavy atom. The zero-order valence-corrected chi connectivity index (χ0v) is 12.7. The molecule has 2 rings (SSSR count). The van der Waals surface area contributed by atoms with E-state index in [1.54, 1.807) is 6.33 Å². The van der Waals surface area contributed by atoms with Crippen LogP contribution in [0.1, 0.15) is 43.6 Å². The molecule has 0 fully saturated rings. The summed E-state index contributed by atoms with van der Waals surface area (Å²) in [4.78, 5) is 7.15. The topological polar surface area (TPSA) is 40.7 Å². The van der Waals surface area contributed by atoms with Gasteiger partial charge in [0.2, 0.25) is 0 Å². The fraction of sp³-hybridized carbons (Fsp3) is 0.471. The first-order valence-corrected chi connectivity index (χ1v) is 7.44. The summed E-state index contributed by atoms with van der Waals surface area (Å²) < 4.78 is 0. The van der Waals surface area contributed by atoms with E-state index >= 15 is 0 Å². The van der Waals surface area contributed by atoms with Gasteiger partial charge in [0.25, 0.3) is 0 Å². The molecule has 0 amide bonds. The molecule has 3 nitrogen and oxygen atoms in total. The van der Waals surface area contributed by atoms with Gasteiger partial charge in [0.15, 0.2) is 0 Å².